The number of rotatable bonds is 2. The zero-order valence-electron chi connectivity index (χ0n) is 10.0. The Morgan fingerprint density at radius 1 is 0.895 bits per heavy atom. The average Bonchev–Trinajstić information content (AvgIpc) is 2.47. The molecule has 0 aliphatic heterocycles. The Hall–Kier alpha value is -2.00. The fourth-order valence-electron chi connectivity index (χ4n) is 1.94. The number of carbonyl (C=O) groups excluding carboxylic acids is 1. The number of fused-ring (bicyclic) bond motifs is 1. The van der Waals surface area contributed by atoms with Crippen LogP contribution in [0.15, 0.2) is 65.1 Å². The van der Waals surface area contributed by atoms with Crippen molar-refractivity contribution in [2.24, 2.45) is 0 Å². The molecule has 0 aliphatic rings. The first-order valence-corrected chi connectivity index (χ1v) is 6.69. The minimum Gasteiger partial charge on any atom is -0.287 e. The molecule has 1 aromatic heterocycles. The summed E-state index contributed by atoms with van der Waals surface area (Å²) in [6.07, 6.45) is 0. The summed E-state index contributed by atoms with van der Waals surface area (Å²) in [4.78, 5) is 16.7. The maximum atomic E-state index is 12.3. The second-order valence-electron chi connectivity index (χ2n) is 4.23. The molecule has 0 saturated heterocycles. The molecule has 92 valence electrons. The first-order chi connectivity index (χ1) is 9.24. The highest BCUT2D eigenvalue weighted by Gasteiger charge is 2.10. The number of hydrogen-bond acceptors (Lipinski definition) is 2. The predicted octanol–water partition coefficient (Wildman–Crippen LogP) is 4.23. The third-order valence-electron chi connectivity index (χ3n) is 2.94. The molecule has 0 atom stereocenters. The number of hydrogen-bond donors (Lipinski definition) is 0. The molecule has 0 bridgehead atoms. The fraction of sp³-hybridized carbons (Fsp3) is 0. The molecule has 0 N–H and O–H groups in total. The summed E-state index contributed by atoms with van der Waals surface area (Å²) in [5.41, 5.74) is 1.96. The van der Waals surface area contributed by atoms with E-state index >= 15 is 0 Å². The summed E-state index contributed by atoms with van der Waals surface area (Å²) in [5, 5.41) is 1.04. The van der Waals surface area contributed by atoms with E-state index in [-0.39, 0.29) is 5.78 Å². The molecule has 0 fully saturated rings. The molecule has 19 heavy (non-hydrogen) atoms. The number of pyridine rings is 1. The largest absolute Gasteiger partial charge is 0.287 e. The third kappa shape index (κ3) is 2.42. The monoisotopic (exact) mass is 311 g/mol. The van der Waals surface area contributed by atoms with Crippen molar-refractivity contribution in [3.8, 4) is 0 Å². The van der Waals surface area contributed by atoms with Crippen LogP contribution in [0.5, 0.6) is 0 Å². The van der Waals surface area contributed by atoms with Gasteiger partial charge in [0.2, 0.25) is 5.78 Å². The number of ketones is 1. The molecule has 2 nitrogen and oxygen atoms in total. The van der Waals surface area contributed by atoms with E-state index in [0.29, 0.717) is 11.3 Å². The summed E-state index contributed by atoms with van der Waals surface area (Å²) in [5.74, 6) is -0.0572. The molecule has 1 heterocycles. The Morgan fingerprint density at radius 3 is 2.42 bits per heavy atom. The second kappa shape index (κ2) is 4.94. The van der Waals surface area contributed by atoms with Gasteiger partial charge in [-0.15, -0.1) is 0 Å². The van der Waals surface area contributed by atoms with Gasteiger partial charge in [-0.1, -0.05) is 40.2 Å². The highest BCUT2D eigenvalue weighted by molar-refractivity contribution is 9.10. The van der Waals surface area contributed by atoms with Crippen LogP contribution in [0.2, 0.25) is 0 Å². The molecule has 0 aliphatic carbocycles. The summed E-state index contributed by atoms with van der Waals surface area (Å²) in [7, 11) is 0. The van der Waals surface area contributed by atoms with Crippen molar-refractivity contribution in [1.29, 1.82) is 0 Å². The van der Waals surface area contributed by atoms with Gasteiger partial charge in [0, 0.05) is 15.4 Å². The van der Waals surface area contributed by atoms with E-state index < -0.39 is 0 Å². The van der Waals surface area contributed by atoms with Gasteiger partial charge in [-0.3, -0.25) is 4.79 Å². The van der Waals surface area contributed by atoms with E-state index in [4.69, 9.17) is 0 Å². The van der Waals surface area contributed by atoms with Crippen LogP contribution in [0, 0.1) is 0 Å². The van der Waals surface area contributed by atoms with Gasteiger partial charge in [-0.2, -0.15) is 0 Å². The lowest BCUT2D eigenvalue weighted by atomic mass is 10.1. The molecule has 2 aromatic carbocycles. The van der Waals surface area contributed by atoms with Crippen LogP contribution < -0.4 is 0 Å². The van der Waals surface area contributed by atoms with E-state index in [2.05, 4.69) is 20.9 Å². The Bertz CT molecular complexity index is 750. The van der Waals surface area contributed by atoms with Crippen LogP contribution in [0.1, 0.15) is 16.1 Å². The number of aromatic nitrogens is 1. The fourth-order valence-corrected chi connectivity index (χ4v) is 2.21. The number of nitrogens with zero attached hydrogens (tertiary/aromatic N) is 1. The van der Waals surface area contributed by atoms with Crippen molar-refractivity contribution in [2.75, 3.05) is 0 Å². The van der Waals surface area contributed by atoms with Crippen LogP contribution >= 0.6 is 15.9 Å². The van der Waals surface area contributed by atoms with Gasteiger partial charge in [0.15, 0.2) is 0 Å². The summed E-state index contributed by atoms with van der Waals surface area (Å²) in [6.45, 7) is 0. The Kier molecular flexibility index (Phi) is 3.13. The second-order valence-corrected chi connectivity index (χ2v) is 5.14. The van der Waals surface area contributed by atoms with Crippen molar-refractivity contribution < 1.29 is 4.79 Å². The van der Waals surface area contributed by atoms with E-state index in [1.807, 2.05) is 42.5 Å². The van der Waals surface area contributed by atoms with Crippen molar-refractivity contribution in [3.63, 3.8) is 0 Å². The molecular weight excluding hydrogens is 302 g/mol. The minimum absolute atomic E-state index is 0.0572. The molecule has 3 heteroatoms. The SMILES string of the molecule is O=C(c1ccc(Br)cc1)c1ccc2ccccc2n1. The number of para-hydroxylation sites is 1. The van der Waals surface area contributed by atoms with Crippen LogP contribution in [-0.2, 0) is 0 Å². The first kappa shape index (κ1) is 12.1. The van der Waals surface area contributed by atoms with E-state index in [0.717, 1.165) is 15.4 Å². The highest BCUT2D eigenvalue weighted by atomic mass is 79.9. The average molecular weight is 312 g/mol. The van der Waals surface area contributed by atoms with Gasteiger partial charge in [-0.25, -0.2) is 4.98 Å². The zero-order chi connectivity index (χ0) is 13.2. The molecule has 0 spiro atoms. The van der Waals surface area contributed by atoms with Crippen molar-refractivity contribution in [3.05, 3.63) is 76.4 Å². The van der Waals surface area contributed by atoms with Gasteiger partial charge in [0.25, 0.3) is 0 Å². The number of benzene rings is 2. The van der Waals surface area contributed by atoms with Crippen molar-refractivity contribution in [2.45, 2.75) is 0 Å². The first-order valence-electron chi connectivity index (χ1n) is 5.90. The number of carbonyl (C=O) groups is 1. The maximum Gasteiger partial charge on any atom is 0.211 e. The molecular formula is C16H10BrNO. The van der Waals surface area contributed by atoms with E-state index in [9.17, 15) is 4.79 Å². The lowest BCUT2D eigenvalue weighted by Crippen LogP contribution is -2.03. The maximum absolute atomic E-state index is 12.3. The van der Waals surface area contributed by atoms with Crippen molar-refractivity contribution >= 4 is 32.6 Å². The van der Waals surface area contributed by atoms with Crippen LogP contribution in [0.4, 0.5) is 0 Å². The van der Waals surface area contributed by atoms with Crippen molar-refractivity contribution in [1.82, 2.24) is 4.98 Å². The number of halogens is 1. The molecule has 0 amide bonds. The van der Waals surface area contributed by atoms with Gasteiger partial charge in [0.05, 0.1) is 5.52 Å². The Labute approximate surface area is 119 Å². The van der Waals surface area contributed by atoms with Gasteiger partial charge < -0.3 is 0 Å². The summed E-state index contributed by atoms with van der Waals surface area (Å²) < 4.78 is 0.954. The lowest BCUT2D eigenvalue weighted by Gasteiger charge is -2.03. The summed E-state index contributed by atoms with van der Waals surface area (Å²) in [6, 6.07) is 18.8. The van der Waals surface area contributed by atoms with Crippen LogP contribution in [-0.4, -0.2) is 10.8 Å². The molecule has 0 unspecified atom stereocenters. The Morgan fingerprint density at radius 2 is 1.63 bits per heavy atom. The molecule has 3 rings (SSSR count). The Balaban J connectivity index is 2.04. The minimum atomic E-state index is -0.0572. The van der Waals surface area contributed by atoms with Gasteiger partial charge >= 0.3 is 0 Å². The van der Waals surface area contributed by atoms with Gasteiger partial charge in [-0.05, 0) is 36.4 Å². The quantitative estimate of drug-likeness (QED) is 0.663. The van der Waals surface area contributed by atoms with Crippen LogP contribution in [0.3, 0.4) is 0 Å². The van der Waals surface area contributed by atoms with Gasteiger partial charge in [0.1, 0.15) is 5.69 Å². The van der Waals surface area contributed by atoms with Crippen LogP contribution in [0.25, 0.3) is 10.9 Å². The summed E-state index contributed by atoms with van der Waals surface area (Å²) >= 11 is 3.36. The normalized spacial score (nSPS) is 10.6. The smallest absolute Gasteiger partial charge is 0.211 e. The third-order valence-corrected chi connectivity index (χ3v) is 3.47. The molecule has 0 radical (unpaired) electrons. The lowest BCUT2D eigenvalue weighted by molar-refractivity contribution is 0.103. The topological polar surface area (TPSA) is 30.0 Å². The predicted molar refractivity (Wildman–Crippen MR) is 79.3 cm³/mol. The van der Waals surface area contributed by atoms with E-state index in [1.165, 1.54) is 0 Å². The highest BCUT2D eigenvalue weighted by Crippen LogP contribution is 2.16. The van der Waals surface area contributed by atoms with E-state index in [1.54, 1.807) is 18.2 Å². The molecule has 0 saturated carbocycles. The zero-order valence-corrected chi connectivity index (χ0v) is 11.6. The standard InChI is InChI=1S/C16H10BrNO/c17-13-8-5-12(6-9-13)16(19)15-10-7-11-3-1-2-4-14(11)18-15/h1-10H. The molecule has 3 aromatic rings.